The normalized spacial score (nSPS) is 41.6. The van der Waals surface area contributed by atoms with Crippen molar-refractivity contribution >= 4 is 23.8 Å². The van der Waals surface area contributed by atoms with Gasteiger partial charge in [0, 0.05) is 31.3 Å². The van der Waals surface area contributed by atoms with E-state index in [-0.39, 0.29) is 53.7 Å². The zero-order valence-corrected chi connectivity index (χ0v) is 36.6. The van der Waals surface area contributed by atoms with Crippen LogP contribution in [-0.4, -0.2) is 113 Å². The van der Waals surface area contributed by atoms with Crippen LogP contribution in [0, 0.1) is 46.3 Å². The summed E-state index contributed by atoms with van der Waals surface area (Å²) in [7, 11) is 0. The van der Waals surface area contributed by atoms with Gasteiger partial charge < -0.3 is 48.8 Å². The first kappa shape index (κ1) is 46.0. The van der Waals surface area contributed by atoms with Crippen LogP contribution < -0.4 is 0 Å². The third-order valence-electron chi connectivity index (χ3n) is 15.4. The van der Waals surface area contributed by atoms with Crippen LogP contribution in [0.3, 0.4) is 0 Å². The number of carbonyl (C=O) groups is 3. The number of Topliss-reactive ketones (excluding diaryl/α,β-unsaturated/α-hetero) is 1. The fraction of sp³-hybridized carbons (Fsp3) is 0.729. The number of rotatable bonds is 13. The highest BCUT2D eigenvalue weighted by molar-refractivity contribution is 5.87. The van der Waals surface area contributed by atoms with Gasteiger partial charge in [-0.05, 0) is 97.5 Å². The first-order valence-corrected chi connectivity index (χ1v) is 22.6. The molecule has 338 valence electrons. The highest BCUT2D eigenvalue weighted by Crippen LogP contribution is 2.67. The summed E-state index contributed by atoms with van der Waals surface area (Å²) in [5.74, 6) is -0.413. The summed E-state index contributed by atoms with van der Waals surface area (Å²) < 4.78 is 36.7. The first-order chi connectivity index (χ1) is 29.0. The number of aliphatic hydroxyl groups is 4. The Hall–Kier alpha value is -3.01. The van der Waals surface area contributed by atoms with Crippen molar-refractivity contribution in [2.24, 2.45) is 46.3 Å². The van der Waals surface area contributed by atoms with Gasteiger partial charge >= 0.3 is 11.9 Å². The lowest BCUT2D eigenvalue weighted by Crippen LogP contribution is -2.62. The molecule has 61 heavy (non-hydrogen) atoms. The number of carbonyl (C=O) groups excluding carboxylic acids is 3. The van der Waals surface area contributed by atoms with Crippen molar-refractivity contribution < 1.29 is 63.2 Å². The molecule has 6 aliphatic rings. The third kappa shape index (κ3) is 9.60. The highest BCUT2D eigenvalue weighted by atomic mass is 16.7. The van der Waals surface area contributed by atoms with Crippen LogP contribution in [0.5, 0.6) is 0 Å². The Morgan fingerprint density at radius 3 is 2.28 bits per heavy atom. The number of benzene rings is 1. The number of allylic oxidation sites excluding steroid dienone is 1. The van der Waals surface area contributed by atoms with Gasteiger partial charge in [0.1, 0.15) is 30.2 Å². The predicted octanol–water partition coefficient (Wildman–Crippen LogP) is 5.30. The van der Waals surface area contributed by atoms with Gasteiger partial charge in [0.2, 0.25) is 0 Å². The minimum absolute atomic E-state index is 0.0133. The van der Waals surface area contributed by atoms with Gasteiger partial charge in [0.25, 0.3) is 0 Å². The Bertz CT molecular complexity index is 1760. The van der Waals surface area contributed by atoms with Crippen molar-refractivity contribution in [3.8, 4) is 0 Å². The number of esters is 2. The summed E-state index contributed by atoms with van der Waals surface area (Å²) in [5, 5.41) is 43.5. The predicted molar refractivity (Wildman–Crippen MR) is 223 cm³/mol. The number of aliphatic hydroxyl groups excluding tert-OH is 4. The second-order valence-corrected chi connectivity index (χ2v) is 19.7. The van der Waals surface area contributed by atoms with E-state index >= 15 is 0 Å². The van der Waals surface area contributed by atoms with E-state index < -0.39 is 67.2 Å². The molecule has 7 rings (SSSR count). The largest absolute Gasteiger partial charge is 0.454 e. The van der Waals surface area contributed by atoms with E-state index in [1.54, 1.807) is 18.2 Å². The second kappa shape index (κ2) is 19.0. The van der Waals surface area contributed by atoms with Crippen molar-refractivity contribution in [1.82, 2.24) is 0 Å². The molecule has 2 saturated heterocycles. The minimum Gasteiger partial charge on any atom is -0.454 e. The smallest absolute Gasteiger partial charge is 0.331 e. The Labute approximate surface area is 360 Å². The van der Waals surface area contributed by atoms with E-state index in [0.717, 1.165) is 50.5 Å². The van der Waals surface area contributed by atoms with Gasteiger partial charge in [0.15, 0.2) is 24.8 Å². The maximum atomic E-state index is 14.1. The van der Waals surface area contributed by atoms with Gasteiger partial charge in [-0.2, -0.15) is 0 Å². The summed E-state index contributed by atoms with van der Waals surface area (Å²) in [6.45, 7) is 11.6. The zero-order chi connectivity index (χ0) is 43.8. The van der Waals surface area contributed by atoms with Crippen molar-refractivity contribution in [2.75, 3.05) is 13.2 Å². The molecular formula is C48H68O13. The molecule has 2 heterocycles. The molecule has 2 aliphatic heterocycles. The van der Waals surface area contributed by atoms with Crippen LogP contribution in [-0.2, 0) is 42.8 Å². The Morgan fingerprint density at radius 1 is 0.869 bits per heavy atom. The van der Waals surface area contributed by atoms with E-state index in [4.69, 9.17) is 28.4 Å². The Morgan fingerprint density at radius 2 is 1.57 bits per heavy atom. The summed E-state index contributed by atoms with van der Waals surface area (Å²) in [6.07, 6.45) is 0.356. The highest BCUT2D eigenvalue weighted by Gasteiger charge is 2.64. The van der Waals surface area contributed by atoms with Gasteiger partial charge in [-0.1, -0.05) is 76.6 Å². The van der Waals surface area contributed by atoms with Crippen LogP contribution in [0.4, 0.5) is 0 Å². The monoisotopic (exact) mass is 852 g/mol. The number of ether oxygens (including phenoxy) is 6. The lowest BCUT2D eigenvalue weighted by Gasteiger charge is -2.58. The van der Waals surface area contributed by atoms with Crippen molar-refractivity contribution in [3.63, 3.8) is 0 Å². The van der Waals surface area contributed by atoms with Crippen molar-refractivity contribution in [2.45, 2.75) is 161 Å². The minimum atomic E-state index is -1.60. The van der Waals surface area contributed by atoms with Gasteiger partial charge in [-0.15, -0.1) is 0 Å². The molecular weight excluding hydrogens is 785 g/mol. The second-order valence-electron chi connectivity index (χ2n) is 19.7. The number of hydrogen-bond donors (Lipinski definition) is 4. The van der Waals surface area contributed by atoms with Gasteiger partial charge in [-0.3, -0.25) is 9.59 Å². The standard InChI is InChI=1S/C48H68O13/c1-26(2)12-16-35(51)27(3)40-38(23-34-32-15-14-30-22-31(50)18-20-47(30,5)33(32)19-21-48(34,40)6)59-46-44(58-28(4)49)42(37(53)25-57-46)61-45-43(41(55)36(52)24-56-45)60-39(54)17-13-29-10-8-7-9-11-29/h7-11,13-14,17,26-27,31-34,36-38,40-46,50,52-53,55H,12,15-16,18-25H2,1-6H3/b17-13+/t27-,31+,32-,33+,34+,36-,37+,38+,40+,41+,42+,43-,44-,45+,46+,47+,48+/m1/s1. The summed E-state index contributed by atoms with van der Waals surface area (Å²) in [4.78, 5) is 39.9. The van der Waals surface area contributed by atoms with Crippen LogP contribution in [0.2, 0.25) is 0 Å². The van der Waals surface area contributed by atoms with E-state index in [2.05, 4.69) is 33.8 Å². The molecule has 1 aromatic carbocycles. The topological polar surface area (TPSA) is 188 Å². The summed E-state index contributed by atoms with van der Waals surface area (Å²) in [5.41, 5.74) is 1.89. The molecule has 0 amide bonds. The van der Waals surface area contributed by atoms with E-state index in [1.807, 2.05) is 25.1 Å². The van der Waals surface area contributed by atoms with E-state index in [0.29, 0.717) is 30.6 Å². The molecule has 4 aliphatic carbocycles. The van der Waals surface area contributed by atoms with Crippen molar-refractivity contribution in [1.29, 1.82) is 0 Å². The molecule has 17 atom stereocenters. The zero-order valence-electron chi connectivity index (χ0n) is 36.6. The molecule has 0 spiro atoms. The first-order valence-electron chi connectivity index (χ1n) is 22.6. The average Bonchev–Trinajstić information content (AvgIpc) is 3.52. The Balaban J connectivity index is 1.15. The maximum Gasteiger partial charge on any atom is 0.331 e. The fourth-order valence-electron chi connectivity index (χ4n) is 12.2. The van der Waals surface area contributed by atoms with E-state index in [9.17, 15) is 34.8 Å². The molecule has 4 N–H and O–H groups in total. The molecule has 3 saturated carbocycles. The van der Waals surface area contributed by atoms with E-state index in [1.165, 1.54) is 18.6 Å². The molecule has 5 fully saturated rings. The van der Waals surface area contributed by atoms with Gasteiger partial charge in [-0.25, -0.2) is 4.79 Å². The van der Waals surface area contributed by atoms with Crippen LogP contribution >= 0.6 is 0 Å². The number of fused-ring (bicyclic) bond motifs is 5. The number of hydrogen-bond acceptors (Lipinski definition) is 13. The van der Waals surface area contributed by atoms with Crippen molar-refractivity contribution in [3.05, 3.63) is 53.6 Å². The summed E-state index contributed by atoms with van der Waals surface area (Å²) >= 11 is 0. The van der Waals surface area contributed by atoms with Crippen LogP contribution in [0.1, 0.15) is 105 Å². The van der Waals surface area contributed by atoms with Crippen LogP contribution in [0.15, 0.2) is 48.1 Å². The molecule has 0 unspecified atom stereocenters. The summed E-state index contributed by atoms with van der Waals surface area (Å²) in [6, 6.07) is 9.07. The van der Waals surface area contributed by atoms with Gasteiger partial charge in [0.05, 0.1) is 25.4 Å². The molecule has 0 bridgehead atoms. The maximum absolute atomic E-state index is 14.1. The molecule has 13 nitrogen and oxygen atoms in total. The Kier molecular flexibility index (Phi) is 14.3. The molecule has 0 aromatic heterocycles. The van der Waals surface area contributed by atoms with Crippen LogP contribution in [0.25, 0.3) is 6.08 Å². The quantitative estimate of drug-likeness (QED) is 0.114. The average molecular weight is 853 g/mol. The third-order valence-corrected chi connectivity index (χ3v) is 15.4. The molecule has 0 radical (unpaired) electrons. The lowest BCUT2D eigenvalue weighted by molar-refractivity contribution is -0.341. The number of ketones is 1. The molecule has 1 aromatic rings. The fourth-order valence-corrected chi connectivity index (χ4v) is 12.2. The lowest BCUT2D eigenvalue weighted by atomic mass is 9.47. The SMILES string of the molecule is CC(=O)O[C@H]1[C@H](O[C@H]2C[C@H]3[C@@H]4CC=C5C[C@@H](O)CC[C@]5(C)[C@H]4CC[C@]3(C)[C@H]2[C@H](C)C(=O)CCC(C)C)OC[C@H](O)[C@@H]1O[C@@H]1OC[C@@H](O)[C@H](O)[C@H]1OC(=O)/C=C/c1ccccc1. The molecule has 13 heteroatoms.